The van der Waals surface area contributed by atoms with Crippen molar-refractivity contribution in [3.63, 3.8) is 0 Å². The molecule has 2 aliphatic carbocycles. The van der Waals surface area contributed by atoms with Crippen LogP contribution in [0.4, 0.5) is 0 Å². The molecule has 0 amide bonds. The van der Waals surface area contributed by atoms with E-state index in [2.05, 4.69) is 0 Å². The van der Waals surface area contributed by atoms with Gasteiger partial charge in [0.05, 0.1) is 0 Å². The molecule has 120 valence electrons. The zero-order chi connectivity index (χ0) is 17.4. The van der Waals surface area contributed by atoms with Gasteiger partial charge in [-0.15, -0.1) is 0 Å². The topological polar surface area (TPSA) is 68.3 Å². The second-order valence-corrected chi connectivity index (χ2v) is 6.60. The molecule has 0 spiro atoms. The molecule has 23 heavy (non-hydrogen) atoms. The van der Waals surface area contributed by atoms with E-state index in [9.17, 15) is 19.2 Å². The Morgan fingerprint density at radius 3 is 1.43 bits per heavy atom. The van der Waals surface area contributed by atoms with Crippen molar-refractivity contribution in [1.29, 1.82) is 0 Å². The molecule has 0 saturated carbocycles. The van der Waals surface area contributed by atoms with Crippen molar-refractivity contribution in [1.82, 2.24) is 0 Å². The molecule has 6 heteroatoms. The fraction of sp³-hybridized carbons (Fsp3) is 0.294. The Morgan fingerprint density at radius 1 is 0.826 bits per heavy atom. The second kappa shape index (κ2) is 6.38. The van der Waals surface area contributed by atoms with Crippen LogP contribution in [0.15, 0.2) is 46.6 Å². The van der Waals surface area contributed by atoms with E-state index >= 15 is 0 Å². The third-order valence-corrected chi connectivity index (χ3v) is 4.54. The molecule has 0 bridgehead atoms. The third kappa shape index (κ3) is 3.43. The minimum absolute atomic E-state index is 0.0830. The second-order valence-electron chi connectivity index (χ2n) is 5.92. The maximum Gasteiger partial charge on any atom is 0.248 e. The number of rotatable bonds is 4. The standard InChI is InChI=1S/C17H14Cl2O4/c1-17(2,11-5-3-9(15(18)22)7-13(11)20)12-6-4-10(16(19)23)8-14(12)21/h3-6H,7-8H2,1-2H3. The summed E-state index contributed by atoms with van der Waals surface area (Å²) in [7, 11) is 0. The van der Waals surface area contributed by atoms with Crippen LogP contribution in [0, 0.1) is 5.41 Å². The molecule has 0 saturated heterocycles. The molecular weight excluding hydrogens is 339 g/mol. The predicted molar refractivity (Wildman–Crippen MR) is 87.1 cm³/mol. The maximum atomic E-state index is 12.3. The van der Waals surface area contributed by atoms with Gasteiger partial charge in [-0.1, -0.05) is 38.2 Å². The summed E-state index contributed by atoms with van der Waals surface area (Å²) in [6, 6.07) is 0. The Bertz CT molecular complexity index is 687. The van der Waals surface area contributed by atoms with Crippen molar-refractivity contribution in [2.45, 2.75) is 26.7 Å². The van der Waals surface area contributed by atoms with E-state index < -0.39 is 15.9 Å². The van der Waals surface area contributed by atoms with E-state index in [1.54, 1.807) is 13.8 Å². The van der Waals surface area contributed by atoms with Crippen LogP contribution in [0.3, 0.4) is 0 Å². The summed E-state index contributed by atoms with van der Waals surface area (Å²) >= 11 is 10.8. The molecule has 0 heterocycles. The molecule has 0 aliphatic heterocycles. The SMILES string of the molecule is CC(C)(C1=CC=C(C(=O)Cl)CC1=O)C1=CC=C(C(=O)Cl)CC1=O. The normalized spacial score (nSPS) is 18.8. The van der Waals surface area contributed by atoms with Gasteiger partial charge in [0.2, 0.25) is 10.5 Å². The van der Waals surface area contributed by atoms with Gasteiger partial charge in [0.15, 0.2) is 11.6 Å². The van der Waals surface area contributed by atoms with Gasteiger partial charge in [-0.2, -0.15) is 0 Å². The summed E-state index contributed by atoms with van der Waals surface area (Å²) in [5.41, 5.74) is 0.467. The van der Waals surface area contributed by atoms with Crippen molar-refractivity contribution in [2.75, 3.05) is 0 Å². The highest BCUT2D eigenvalue weighted by molar-refractivity contribution is 6.68. The molecule has 0 N–H and O–H groups in total. The lowest BCUT2D eigenvalue weighted by atomic mass is 9.70. The van der Waals surface area contributed by atoms with Crippen molar-refractivity contribution < 1.29 is 19.2 Å². The Morgan fingerprint density at radius 2 is 1.17 bits per heavy atom. The number of hydrogen-bond donors (Lipinski definition) is 0. The zero-order valence-electron chi connectivity index (χ0n) is 12.6. The zero-order valence-corrected chi connectivity index (χ0v) is 14.1. The fourth-order valence-corrected chi connectivity index (χ4v) is 3.00. The number of Topliss-reactive ketones (excluding diaryl/α,β-unsaturated/α-hetero) is 2. The molecule has 4 nitrogen and oxygen atoms in total. The minimum Gasteiger partial charge on any atom is -0.294 e. The van der Waals surface area contributed by atoms with Gasteiger partial charge >= 0.3 is 0 Å². The number of ketones is 2. The third-order valence-electron chi connectivity index (χ3n) is 4.06. The molecular formula is C17H14Cl2O4. The van der Waals surface area contributed by atoms with Crippen LogP contribution in [-0.2, 0) is 19.2 Å². The number of carbonyl (C=O) groups is 4. The van der Waals surface area contributed by atoms with Crippen LogP contribution >= 0.6 is 23.2 Å². The smallest absolute Gasteiger partial charge is 0.248 e. The van der Waals surface area contributed by atoms with E-state index in [0.29, 0.717) is 11.1 Å². The first-order chi connectivity index (χ1) is 10.6. The first-order valence-corrected chi connectivity index (χ1v) is 7.69. The monoisotopic (exact) mass is 352 g/mol. The van der Waals surface area contributed by atoms with Crippen LogP contribution < -0.4 is 0 Å². The highest BCUT2D eigenvalue weighted by Crippen LogP contribution is 2.40. The summed E-state index contributed by atoms with van der Waals surface area (Å²) in [6.07, 6.45) is 5.90. The average Bonchev–Trinajstić information content (AvgIpc) is 2.46. The van der Waals surface area contributed by atoms with Crippen LogP contribution in [0.2, 0.25) is 0 Å². The van der Waals surface area contributed by atoms with Crippen molar-refractivity contribution in [3.8, 4) is 0 Å². The summed E-state index contributed by atoms with van der Waals surface area (Å²) < 4.78 is 0. The van der Waals surface area contributed by atoms with Gasteiger partial charge in [0.1, 0.15) is 0 Å². The lowest BCUT2D eigenvalue weighted by molar-refractivity contribution is -0.118. The van der Waals surface area contributed by atoms with Gasteiger partial charge in [-0.3, -0.25) is 19.2 Å². The highest BCUT2D eigenvalue weighted by Gasteiger charge is 2.38. The van der Waals surface area contributed by atoms with Crippen molar-refractivity contribution >= 4 is 45.3 Å². The molecule has 0 aromatic rings. The predicted octanol–water partition coefficient (Wildman–Crippen LogP) is 3.19. The lowest BCUT2D eigenvalue weighted by Crippen LogP contribution is -2.30. The largest absolute Gasteiger partial charge is 0.294 e. The van der Waals surface area contributed by atoms with E-state index in [1.807, 2.05) is 0 Å². The van der Waals surface area contributed by atoms with E-state index in [-0.39, 0.29) is 35.6 Å². The van der Waals surface area contributed by atoms with Crippen LogP contribution in [0.25, 0.3) is 0 Å². The Labute approximate surface area is 143 Å². The first kappa shape index (κ1) is 17.6. The lowest BCUT2D eigenvalue weighted by Gasteiger charge is -2.32. The molecule has 0 radical (unpaired) electrons. The van der Waals surface area contributed by atoms with Gasteiger partial charge < -0.3 is 0 Å². The van der Waals surface area contributed by atoms with Crippen molar-refractivity contribution in [3.05, 3.63) is 46.6 Å². The first-order valence-electron chi connectivity index (χ1n) is 6.93. The van der Waals surface area contributed by atoms with Crippen LogP contribution in [0.1, 0.15) is 26.7 Å². The quantitative estimate of drug-likeness (QED) is 0.728. The van der Waals surface area contributed by atoms with Gasteiger partial charge in [0, 0.05) is 40.5 Å². The summed E-state index contributed by atoms with van der Waals surface area (Å²) in [5, 5.41) is -1.32. The number of halogens is 2. The number of hydrogen-bond acceptors (Lipinski definition) is 4. The Hall–Kier alpha value is -1.78. The summed E-state index contributed by atoms with van der Waals surface area (Å²) in [5.74, 6) is -0.503. The number of carbonyl (C=O) groups excluding carboxylic acids is 4. The molecule has 2 aliphatic rings. The molecule has 0 fully saturated rings. The van der Waals surface area contributed by atoms with Gasteiger partial charge in [-0.25, -0.2) is 0 Å². The van der Waals surface area contributed by atoms with E-state index in [4.69, 9.17) is 23.2 Å². The minimum atomic E-state index is -0.844. The van der Waals surface area contributed by atoms with Crippen LogP contribution in [0.5, 0.6) is 0 Å². The fourth-order valence-electron chi connectivity index (χ4n) is 2.74. The van der Waals surface area contributed by atoms with E-state index in [0.717, 1.165) is 0 Å². The summed E-state index contributed by atoms with van der Waals surface area (Å²) in [4.78, 5) is 47.0. The van der Waals surface area contributed by atoms with Gasteiger partial charge in [-0.05, 0) is 23.2 Å². The maximum absolute atomic E-state index is 12.3. The van der Waals surface area contributed by atoms with Gasteiger partial charge in [0.25, 0.3) is 0 Å². The Kier molecular flexibility index (Phi) is 4.87. The Balaban J connectivity index is 2.43. The highest BCUT2D eigenvalue weighted by atomic mass is 35.5. The summed E-state index contributed by atoms with van der Waals surface area (Å²) in [6.45, 7) is 3.51. The molecule has 0 aromatic carbocycles. The molecule has 0 aromatic heterocycles. The van der Waals surface area contributed by atoms with E-state index in [1.165, 1.54) is 24.3 Å². The number of allylic oxidation sites excluding steroid dienone is 8. The average molecular weight is 353 g/mol. The molecule has 0 atom stereocenters. The van der Waals surface area contributed by atoms with Crippen LogP contribution in [-0.4, -0.2) is 22.1 Å². The molecule has 2 rings (SSSR count). The van der Waals surface area contributed by atoms with Crippen molar-refractivity contribution in [2.24, 2.45) is 5.41 Å². The molecule has 0 unspecified atom stereocenters.